The Morgan fingerprint density at radius 2 is 1.83 bits per heavy atom. The average Bonchev–Trinajstić information content (AvgIpc) is 2.53. The van der Waals surface area contributed by atoms with Gasteiger partial charge in [0.15, 0.2) is 0 Å². The number of hydrogen-bond acceptors (Lipinski definition) is 5. The molecule has 0 aliphatic rings. The molecule has 0 saturated carbocycles. The lowest BCUT2D eigenvalue weighted by molar-refractivity contribution is 0.383. The molecule has 1 heterocycles. The topological polar surface area (TPSA) is 62.9 Å². The number of hydrogen-bond donors (Lipinski definition) is 1. The first-order chi connectivity index (χ1) is 11.1. The van der Waals surface area contributed by atoms with Gasteiger partial charge in [-0.15, -0.1) is 12.4 Å². The minimum Gasteiger partial charge on any atom is -0.507 e. The summed E-state index contributed by atoms with van der Waals surface area (Å²) in [5.41, 5.74) is 0.690. The van der Waals surface area contributed by atoms with Crippen molar-refractivity contribution in [1.29, 1.82) is 0 Å². The molecule has 0 aliphatic carbocycles. The Hall–Kier alpha value is -2.50. The van der Waals surface area contributed by atoms with Crippen LogP contribution in [0, 0.1) is 0 Å². The van der Waals surface area contributed by atoms with Crippen molar-refractivity contribution in [1.82, 2.24) is 4.90 Å². The van der Waals surface area contributed by atoms with Crippen LogP contribution in [0.2, 0.25) is 0 Å². The lowest BCUT2D eigenvalue weighted by Crippen LogP contribution is -2.12. The molecule has 0 fully saturated rings. The second-order valence-electron chi connectivity index (χ2n) is 5.52. The van der Waals surface area contributed by atoms with Gasteiger partial charge in [0, 0.05) is 6.54 Å². The van der Waals surface area contributed by atoms with Gasteiger partial charge in [-0.05, 0) is 38.4 Å². The number of para-hydroxylation sites is 1. The van der Waals surface area contributed by atoms with Gasteiger partial charge in [0.05, 0.1) is 10.9 Å². The highest BCUT2D eigenvalue weighted by Gasteiger charge is 2.15. The van der Waals surface area contributed by atoms with E-state index in [1.807, 2.05) is 37.2 Å². The van der Waals surface area contributed by atoms with Crippen LogP contribution < -0.4 is 10.2 Å². The zero-order valence-electron chi connectivity index (χ0n) is 13.4. The van der Waals surface area contributed by atoms with Crippen molar-refractivity contribution in [3.63, 3.8) is 0 Å². The largest absolute Gasteiger partial charge is 0.507 e. The first-order valence-corrected chi connectivity index (χ1v) is 7.20. The molecule has 0 amide bonds. The molecule has 6 heteroatoms. The minimum atomic E-state index is -0.268. The van der Waals surface area contributed by atoms with E-state index in [0.29, 0.717) is 28.8 Å². The standard InChI is InChI=1S/C18H17NO4.ClH/c1-19(2)10-14-15(20)9-8-13-17(21)16(11-22-18(13)14)23-12-6-4-3-5-7-12;/h3-9,11,20H,10H2,1-2H3;1H. The summed E-state index contributed by atoms with van der Waals surface area (Å²) in [5.74, 6) is 0.780. The molecule has 2 aromatic carbocycles. The van der Waals surface area contributed by atoms with Crippen LogP contribution in [-0.2, 0) is 6.54 Å². The number of halogens is 1. The molecule has 0 unspecified atom stereocenters. The zero-order valence-corrected chi connectivity index (χ0v) is 14.2. The quantitative estimate of drug-likeness (QED) is 0.778. The van der Waals surface area contributed by atoms with E-state index in [1.54, 1.807) is 18.2 Å². The van der Waals surface area contributed by atoms with Crippen molar-refractivity contribution in [2.45, 2.75) is 6.54 Å². The molecular weight excluding hydrogens is 330 g/mol. The molecule has 1 N–H and O–H groups in total. The predicted octanol–water partition coefficient (Wildman–Crippen LogP) is 3.77. The molecule has 5 nitrogen and oxygen atoms in total. The summed E-state index contributed by atoms with van der Waals surface area (Å²) >= 11 is 0. The van der Waals surface area contributed by atoms with E-state index in [1.165, 1.54) is 12.3 Å². The monoisotopic (exact) mass is 347 g/mol. The van der Waals surface area contributed by atoms with Gasteiger partial charge in [0.2, 0.25) is 11.2 Å². The van der Waals surface area contributed by atoms with Gasteiger partial charge >= 0.3 is 0 Å². The van der Waals surface area contributed by atoms with E-state index in [-0.39, 0.29) is 29.3 Å². The molecule has 0 bridgehead atoms. The highest BCUT2D eigenvalue weighted by atomic mass is 35.5. The predicted molar refractivity (Wildman–Crippen MR) is 95.3 cm³/mol. The van der Waals surface area contributed by atoms with E-state index in [4.69, 9.17) is 9.15 Å². The Morgan fingerprint density at radius 3 is 2.50 bits per heavy atom. The maximum atomic E-state index is 12.6. The number of fused-ring (bicyclic) bond motifs is 1. The Kier molecular flexibility index (Phi) is 5.49. The van der Waals surface area contributed by atoms with Crippen LogP contribution in [0.25, 0.3) is 11.0 Å². The maximum Gasteiger partial charge on any atom is 0.235 e. The van der Waals surface area contributed by atoms with E-state index in [9.17, 15) is 9.90 Å². The lowest BCUT2D eigenvalue weighted by atomic mass is 10.1. The van der Waals surface area contributed by atoms with E-state index in [0.717, 1.165) is 0 Å². The van der Waals surface area contributed by atoms with Crippen LogP contribution >= 0.6 is 12.4 Å². The molecule has 3 rings (SSSR count). The highest BCUT2D eigenvalue weighted by molar-refractivity contribution is 5.85. The number of phenols is 1. The van der Waals surface area contributed by atoms with Gasteiger partial charge in [-0.3, -0.25) is 4.79 Å². The molecule has 126 valence electrons. The Morgan fingerprint density at radius 1 is 1.12 bits per heavy atom. The number of rotatable bonds is 4. The number of nitrogens with zero attached hydrogens (tertiary/aromatic N) is 1. The van der Waals surface area contributed by atoms with Gasteiger partial charge in [0.1, 0.15) is 23.3 Å². The zero-order chi connectivity index (χ0) is 16.4. The summed E-state index contributed by atoms with van der Waals surface area (Å²) in [6, 6.07) is 12.1. The minimum absolute atomic E-state index is 0. The van der Waals surface area contributed by atoms with Crippen LogP contribution in [0.5, 0.6) is 17.2 Å². The molecule has 0 spiro atoms. The molecule has 0 atom stereocenters. The molecule has 3 aromatic rings. The van der Waals surface area contributed by atoms with Crippen molar-refractivity contribution >= 4 is 23.4 Å². The van der Waals surface area contributed by atoms with Gasteiger partial charge in [-0.1, -0.05) is 18.2 Å². The van der Waals surface area contributed by atoms with Crippen molar-refractivity contribution in [2.75, 3.05) is 14.1 Å². The molecular formula is C18H18ClNO4. The summed E-state index contributed by atoms with van der Waals surface area (Å²) in [6.07, 6.45) is 1.29. The van der Waals surface area contributed by atoms with E-state index < -0.39 is 0 Å². The van der Waals surface area contributed by atoms with Crippen molar-refractivity contribution in [3.05, 3.63) is 64.5 Å². The fourth-order valence-corrected chi connectivity index (χ4v) is 2.38. The normalized spacial score (nSPS) is 10.6. The number of ether oxygens (including phenoxy) is 1. The van der Waals surface area contributed by atoms with Gasteiger partial charge in [-0.2, -0.15) is 0 Å². The van der Waals surface area contributed by atoms with Gasteiger partial charge in [-0.25, -0.2) is 0 Å². The Bertz CT molecular complexity index is 891. The second-order valence-corrected chi connectivity index (χ2v) is 5.52. The maximum absolute atomic E-state index is 12.6. The summed E-state index contributed by atoms with van der Waals surface area (Å²) in [5, 5.41) is 10.4. The SMILES string of the molecule is CN(C)Cc1c(O)ccc2c(=O)c(Oc3ccccc3)coc12.Cl. The fraction of sp³-hybridized carbons (Fsp3) is 0.167. The Balaban J connectivity index is 0.00000208. The third-order valence-electron chi connectivity index (χ3n) is 3.43. The van der Waals surface area contributed by atoms with Gasteiger partial charge < -0.3 is 19.2 Å². The van der Waals surface area contributed by atoms with Crippen LogP contribution in [0.3, 0.4) is 0 Å². The number of aromatic hydroxyl groups is 1. The van der Waals surface area contributed by atoms with Crippen LogP contribution in [-0.4, -0.2) is 24.1 Å². The molecule has 0 aliphatic heterocycles. The fourth-order valence-electron chi connectivity index (χ4n) is 2.38. The molecule has 0 saturated heterocycles. The highest BCUT2D eigenvalue weighted by Crippen LogP contribution is 2.29. The third-order valence-corrected chi connectivity index (χ3v) is 3.43. The first kappa shape index (κ1) is 17.8. The molecule has 0 radical (unpaired) electrons. The number of benzene rings is 2. The first-order valence-electron chi connectivity index (χ1n) is 7.20. The Labute approximate surface area is 145 Å². The van der Waals surface area contributed by atoms with Crippen molar-refractivity contribution in [2.24, 2.45) is 0 Å². The molecule has 24 heavy (non-hydrogen) atoms. The summed E-state index contributed by atoms with van der Waals surface area (Å²) in [4.78, 5) is 14.5. The summed E-state index contributed by atoms with van der Waals surface area (Å²) in [7, 11) is 3.76. The van der Waals surface area contributed by atoms with E-state index in [2.05, 4.69) is 0 Å². The van der Waals surface area contributed by atoms with Gasteiger partial charge in [0.25, 0.3) is 0 Å². The second kappa shape index (κ2) is 7.38. The van der Waals surface area contributed by atoms with E-state index >= 15 is 0 Å². The van der Waals surface area contributed by atoms with Crippen LogP contribution in [0.15, 0.2) is 57.9 Å². The van der Waals surface area contributed by atoms with Crippen LogP contribution in [0.1, 0.15) is 5.56 Å². The molecule has 1 aromatic heterocycles. The van der Waals surface area contributed by atoms with Crippen molar-refractivity contribution < 1.29 is 14.3 Å². The summed E-state index contributed by atoms with van der Waals surface area (Å²) in [6.45, 7) is 0.463. The number of phenolic OH excluding ortho intramolecular Hbond substituents is 1. The van der Waals surface area contributed by atoms with Crippen molar-refractivity contribution in [3.8, 4) is 17.2 Å². The average molecular weight is 348 g/mol. The smallest absolute Gasteiger partial charge is 0.235 e. The summed E-state index contributed by atoms with van der Waals surface area (Å²) < 4.78 is 11.2. The third kappa shape index (κ3) is 3.53. The van der Waals surface area contributed by atoms with Crippen LogP contribution in [0.4, 0.5) is 0 Å². The lowest BCUT2D eigenvalue weighted by Gasteiger charge is -2.13.